The molecule has 0 amide bonds. The van der Waals surface area contributed by atoms with Gasteiger partial charge in [-0.05, 0) is 57.9 Å². The van der Waals surface area contributed by atoms with Gasteiger partial charge in [0, 0.05) is 6.54 Å². The Morgan fingerprint density at radius 3 is 2.53 bits per heavy atom. The van der Waals surface area contributed by atoms with E-state index in [1.807, 2.05) is 0 Å². The summed E-state index contributed by atoms with van der Waals surface area (Å²) in [7, 11) is 0. The molecule has 1 rings (SSSR count). The lowest BCUT2D eigenvalue weighted by Crippen LogP contribution is -2.35. The zero-order chi connectivity index (χ0) is 12.9. The molecule has 17 heavy (non-hydrogen) atoms. The van der Waals surface area contributed by atoms with Crippen molar-refractivity contribution in [2.75, 3.05) is 13.1 Å². The van der Waals surface area contributed by atoms with Crippen LogP contribution in [-0.2, 0) is 4.74 Å². The minimum atomic E-state index is 0.107. The minimum Gasteiger partial charge on any atom is -0.372 e. The third kappa shape index (κ3) is 4.97. The summed E-state index contributed by atoms with van der Waals surface area (Å²) in [5.74, 6) is 0. The van der Waals surface area contributed by atoms with Crippen LogP contribution in [0.4, 0.5) is 0 Å². The molecule has 102 valence electrons. The molecule has 0 aromatic rings. The fraction of sp³-hybridized carbons (Fsp3) is 1.00. The maximum absolute atomic E-state index is 6.12. The van der Waals surface area contributed by atoms with Crippen LogP contribution in [-0.4, -0.2) is 24.8 Å². The lowest BCUT2D eigenvalue weighted by molar-refractivity contribution is -0.0341. The average molecular weight is 241 g/mol. The van der Waals surface area contributed by atoms with E-state index in [-0.39, 0.29) is 5.60 Å². The zero-order valence-electron chi connectivity index (χ0n) is 12.4. The Morgan fingerprint density at radius 1 is 1.35 bits per heavy atom. The van der Waals surface area contributed by atoms with E-state index in [1.54, 1.807) is 0 Å². The molecule has 2 nitrogen and oxygen atoms in total. The predicted octanol–water partition coefficient (Wildman–Crippen LogP) is 3.75. The van der Waals surface area contributed by atoms with E-state index < -0.39 is 0 Å². The highest BCUT2D eigenvalue weighted by Crippen LogP contribution is 2.37. The summed E-state index contributed by atoms with van der Waals surface area (Å²) in [6, 6.07) is 0. The second kappa shape index (κ2) is 6.19. The topological polar surface area (TPSA) is 21.3 Å². The van der Waals surface area contributed by atoms with E-state index in [2.05, 4.69) is 39.9 Å². The van der Waals surface area contributed by atoms with Gasteiger partial charge in [-0.25, -0.2) is 0 Å². The molecule has 2 atom stereocenters. The fourth-order valence-corrected chi connectivity index (χ4v) is 2.68. The molecule has 0 aromatic heterocycles. The molecule has 1 fully saturated rings. The quantitative estimate of drug-likeness (QED) is 0.685. The third-order valence-corrected chi connectivity index (χ3v) is 4.11. The molecule has 2 unspecified atom stereocenters. The van der Waals surface area contributed by atoms with Crippen molar-refractivity contribution in [1.29, 1.82) is 0 Å². The van der Waals surface area contributed by atoms with Crippen molar-refractivity contribution in [2.45, 2.75) is 78.4 Å². The van der Waals surface area contributed by atoms with Crippen LogP contribution in [0.3, 0.4) is 0 Å². The minimum absolute atomic E-state index is 0.107. The molecule has 1 N–H and O–H groups in total. The third-order valence-electron chi connectivity index (χ3n) is 4.11. The van der Waals surface area contributed by atoms with Gasteiger partial charge in [-0.3, -0.25) is 0 Å². The first kappa shape index (κ1) is 15.0. The van der Waals surface area contributed by atoms with Crippen molar-refractivity contribution < 1.29 is 4.74 Å². The fourth-order valence-electron chi connectivity index (χ4n) is 2.68. The average Bonchev–Trinajstić information content (AvgIpc) is 2.58. The number of nitrogens with one attached hydrogen (secondary N) is 1. The zero-order valence-corrected chi connectivity index (χ0v) is 12.4. The summed E-state index contributed by atoms with van der Waals surface area (Å²) in [5.41, 5.74) is 0.496. The van der Waals surface area contributed by atoms with Crippen LogP contribution < -0.4 is 5.32 Å². The summed E-state index contributed by atoms with van der Waals surface area (Å²) >= 11 is 0. The monoisotopic (exact) mass is 241 g/mol. The summed E-state index contributed by atoms with van der Waals surface area (Å²) < 4.78 is 6.12. The Labute approximate surface area is 108 Å². The van der Waals surface area contributed by atoms with Crippen LogP contribution in [0.25, 0.3) is 0 Å². The van der Waals surface area contributed by atoms with Gasteiger partial charge < -0.3 is 10.1 Å². The molecule has 0 radical (unpaired) electrons. The van der Waals surface area contributed by atoms with E-state index in [1.165, 1.54) is 32.1 Å². The maximum atomic E-state index is 6.12. The molecular weight excluding hydrogens is 210 g/mol. The van der Waals surface area contributed by atoms with E-state index in [0.29, 0.717) is 11.5 Å². The highest BCUT2D eigenvalue weighted by Gasteiger charge is 2.35. The molecule has 0 bridgehead atoms. The molecule has 0 aliphatic carbocycles. The number of rotatable bonds is 7. The van der Waals surface area contributed by atoms with E-state index in [9.17, 15) is 0 Å². The summed E-state index contributed by atoms with van der Waals surface area (Å²) in [6.45, 7) is 13.6. The SMILES string of the molecule is CCCNCC(C)(CC)CC1CCC(C)(C)O1. The van der Waals surface area contributed by atoms with Crippen LogP contribution in [0.5, 0.6) is 0 Å². The van der Waals surface area contributed by atoms with Gasteiger partial charge in [-0.15, -0.1) is 0 Å². The number of hydrogen-bond acceptors (Lipinski definition) is 2. The van der Waals surface area contributed by atoms with Crippen LogP contribution in [0.1, 0.15) is 66.7 Å². The molecule has 0 spiro atoms. The Kier molecular flexibility index (Phi) is 5.46. The first-order chi connectivity index (χ1) is 7.91. The van der Waals surface area contributed by atoms with Crippen molar-refractivity contribution in [3.8, 4) is 0 Å². The summed E-state index contributed by atoms with van der Waals surface area (Å²) in [4.78, 5) is 0. The number of ether oxygens (including phenoxy) is 1. The van der Waals surface area contributed by atoms with Gasteiger partial charge in [0.1, 0.15) is 0 Å². The van der Waals surface area contributed by atoms with Crippen LogP contribution in [0.2, 0.25) is 0 Å². The molecule has 0 saturated carbocycles. The van der Waals surface area contributed by atoms with Crippen molar-refractivity contribution in [3.05, 3.63) is 0 Å². The van der Waals surface area contributed by atoms with Gasteiger partial charge in [0.2, 0.25) is 0 Å². The maximum Gasteiger partial charge on any atom is 0.0631 e. The van der Waals surface area contributed by atoms with Crippen molar-refractivity contribution in [2.24, 2.45) is 5.41 Å². The largest absolute Gasteiger partial charge is 0.372 e. The Hall–Kier alpha value is -0.0800. The Balaban J connectivity index is 2.40. The van der Waals surface area contributed by atoms with E-state index >= 15 is 0 Å². The van der Waals surface area contributed by atoms with Crippen LogP contribution in [0.15, 0.2) is 0 Å². The highest BCUT2D eigenvalue weighted by molar-refractivity contribution is 4.86. The first-order valence-corrected chi connectivity index (χ1v) is 7.29. The van der Waals surface area contributed by atoms with Crippen molar-refractivity contribution >= 4 is 0 Å². The van der Waals surface area contributed by atoms with E-state index in [0.717, 1.165) is 13.1 Å². The Morgan fingerprint density at radius 2 is 2.06 bits per heavy atom. The van der Waals surface area contributed by atoms with E-state index in [4.69, 9.17) is 4.74 Å². The molecule has 0 aromatic carbocycles. The molecule has 1 aliphatic heterocycles. The summed E-state index contributed by atoms with van der Waals surface area (Å²) in [6.07, 6.45) is 6.55. The number of hydrogen-bond donors (Lipinski definition) is 1. The highest BCUT2D eigenvalue weighted by atomic mass is 16.5. The van der Waals surface area contributed by atoms with Crippen molar-refractivity contribution in [1.82, 2.24) is 5.32 Å². The second-order valence-electron chi connectivity index (χ2n) is 6.58. The lowest BCUT2D eigenvalue weighted by Gasteiger charge is -2.32. The van der Waals surface area contributed by atoms with Crippen molar-refractivity contribution in [3.63, 3.8) is 0 Å². The van der Waals surface area contributed by atoms with Gasteiger partial charge in [-0.2, -0.15) is 0 Å². The molecule has 2 heteroatoms. The van der Waals surface area contributed by atoms with Crippen LogP contribution in [0, 0.1) is 5.41 Å². The van der Waals surface area contributed by atoms with Crippen LogP contribution >= 0.6 is 0 Å². The second-order valence-corrected chi connectivity index (χ2v) is 6.58. The normalized spacial score (nSPS) is 27.0. The molecule has 1 saturated heterocycles. The van der Waals surface area contributed by atoms with Gasteiger partial charge in [-0.1, -0.05) is 20.8 Å². The summed E-state index contributed by atoms with van der Waals surface area (Å²) in [5, 5.41) is 3.57. The Bertz CT molecular complexity index is 227. The van der Waals surface area contributed by atoms with Gasteiger partial charge in [0.05, 0.1) is 11.7 Å². The molecule has 1 aliphatic rings. The predicted molar refractivity (Wildman–Crippen MR) is 74.4 cm³/mol. The molecular formula is C15H31NO. The molecule has 1 heterocycles. The smallest absolute Gasteiger partial charge is 0.0631 e. The van der Waals surface area contributed by atoms with Gasteiger partial charge >= 0.3 is 0 Å². The first-order valence-electron chi connectivity index (χ1n) is 7.29. The standard InChI is InChI=1S/C15H31NO/c1-6-10-16-12-15(5,7-2)11-13-8-9-14(3,4)17-13/h13,16H,6-12H2,1-5H3. The van der Waals surface area contributed by atoms with Gasteiger partial charge in [0.15, 0.2) is 0 Å². The van der Waals surface area contributed by atoms with Gasteiger partial charge in [0.25, 0.3) is 0 Å². The lowest BCUT2D eigenvalue weighted by atomic mass is 9.81.